The van der Waals surface area contributed by atoms with Crippen molar-refractivity contribution in [2.75, 3.05) is 33.2 Å². The first kappa shape index (κ1) is 26.2. The summed E-state index contributed by atoms with van der Waals surface area (Å²) in [6, 6.07) is 7.56. The van der Waals surface area contributed by atoms with Crippen molar-refractivity contribution in [1.29, 1.82) is 0 Å². The van der Waals surface area contributed by atoms with E-state index in [9.17, 15) is 4.79 Å². The maximum Gasteiger partial charge on any atom is 0.276 e. The number of nitrogens with zero attached hydrogens (tertiary/aromatic N) is 2. The highest BCUT2D eigenvalue weighted by molar-refractivity contribution is 7.98. The Morgan fingerprint density at radius 1 is 1.12 bits per heavy atom. The van der Waals surface area contributed by atoms with Crippen molar-refractivity contribution in [3.05, 3.63) is 24.3 Å². The van der Waals surface area contributed by atoms with Gasteiger partial charge in [-0.25, -0.2) is 0 Å². The SMILES string of the molecule is COCCCC(=O)NC(C)(C)COC(C)(C)CCOc1ccc(-c2nnc(SC)o2)cc1. The van der Waals surface area contributed by atoms with E-state index in [-0.39, 0.29) is 5.91 Å². The van der Waals surface area contributed by atoms with Crippen LogP contribution in [0.4, 0.5) is 0 Å². The molecule has 0 radical (unpaired) electrons. The molecule has 2 aromatic rings. The summed E-state index contributed by atoms with van der Waals surface area (Å²) >= 11 is 1.41. The van der Waals surface area contributed by atoms with Crippen molar-refractivity contribution < 1.29 is 23.4 Å². The fraction of sp³-hybridized carbons (Fsp3) is 0.609. The van der Waals surface area contributed by atoms with Crippen LogP contribution in [0.5, 0.6) is 5.75 Å². The number of ether oxygens (including phenoxy) is 3. The number of nitrogens with one attached hydrogen (secondary N) is 1. The summed E-state index contributed by atoms with van der Waals surface area (Å²) in [7, 11) is 1.63. The van der Waals surface area contributed by atoms with E-state index >= 15 is 0 Å². The van der Waals surface area contributed by atoms with Crippen molar-refractivity contribution in [2.24, 2.45) is 0 Å². The molecule has 178 valence electrons. The zero-order chi connectivity index (χ0) is 23.6. The van der Waals surface area contributed by atoms with Gasteiger partial charge in [-0.1, -0.05) is 11.8 Å². The van der Waals surface area contributed by atoms with Gasteiger partial charge in [0.25, 0.3) is 5.22 Å². The molecular weight excluding hydrogens is 430 g/mol. The molecule has 0 aliphatic heterocycles. The van der Waals surface area contributed by atoms with Crippen molar-refractivity contribution in [1.82, 2.24) is 15.5 Å². The van der Waals surface area contributed by atoms with Crippen LogP contribution in [0.1, 0.15) is 47.0 Å². The number of carbonyl (C=O) groups is 1. The van der Waals surface area contributed by atoms with Gasteiger partial charge in [0.15, 0.2) is 0 Å². The zero-order valence-corrected chi connectivity index (χ0v) is 20.7. The molecule has 2 rings (SSSR count). The summed E-state index contributed by atoms with van der Waals surface area (Å²) in [6.07, 6.45) is 3.74. The largest absolute Gasteiger partial charge is 0.493 e. The Hall–Kier alpha value is -2.10. The quantitative estimate of drug-likeness (QED) is 0.325. The van der Waals surface area contributed by atoms with Crippen molar-refractivity contribution in [2.45, 2.75) is 63.3 Å². The molecule has 0 aliphatic rings. The van der Waals surface area contributed by atoms with Crippen LogP contribution in [0.15, 0.2) is 33.9 Å². The Morgan fingerprint density at radius 2 is 1.84 bits per heavy atom. The Balaban J connectivity index is 1.74. The average molecular weight is 466 g/mol. The van der Waals surface area contributed by atoms with Crippen LogP contribution in [0.2, 0.25) is 0 Å². The van der Waals surface area contributed by atoms with Crippen molar-refractivity contribution in [3.8, 4) is 17.2 Å². The predicted molar refractivity (Wildman–Crippen MR) is 125 cm³/mol. The van der Waals surface area contributed by atoms with E-state index < -0.39 is 11.1 Å². The molecule has 32 heavy (non-hydrogen) atoms. The third kappa shape index (κ3) is 9.18. The second-order valence-electron chi connectivity index (χ2n) is 8.78. The molecular formula is C23H35N3O5S. The zero-order valence-electron chi connectivity index (χ0n) is 19.9. The van der Waals surface area contributed by atoms with Crippen LogP contribution in [-0.2, 0) is 14.3 Å². The number of carbonyl (C=O) groups excluding carboxylic acids is 1. The second kappa shape index (κ2) is 12.2. The lowest BCUT2D eigenvalue weighted by atomic mass is 10.0. The summed E-state index contributed by atoms with van der Waals surface area (Å²) in [5.41, 5.74) is -0.000731. The number of aromatic nitrogens is 2. The van der Waals surface area contributed by atoms with E-state index in [4.69, 9.17) is 18.6 Å². The lowest BCUT2D eigenvalue weighted by Crippen LogP contribution is -2.48. The molecule has 0 fully saturated rings. The molecule has 0 aliphatic carbocycles. The van der Waals surface area contributed by atoms with E-state index in [2.05, 4.69) is 15.5 Å². The first-order valence-corrected chi connectivity index (χ1v) is 11.9. The van der Waals surface area contributed by atoms with Gasteiger partial charge in [0.1, 0.15) is 5.75 Å². The molecule has 1 N–H and O–H groups in total. The maximum absolute atomic E-state index is 12.1. The van der Waals surface area contributed by atoms with E-state index in [1.165, 1.54) is 11.8 Å². The molecule has 1 aromatic carbocycles. The first-order chi connectivity index (χ1) is 15.1. The van der Waals surface area contributed by atoms with E-state index in [1.54, 1.807) is 7.11 Å². The highest BCUT2D eigenvalue weighted by Crippen LogP contribution is 2.24. The van der Waals surface area contributed by atoms with Gasteiger partial charge in [-0.2, -0.15) is 0 Å². The van der Waals surface area contributed by atoms with Gasteiger partial charge in [-0.3, -0.25) is 4.79 Å². The molecule has 8 nitrogen and oxygen atoms in total. The lowest BCUT2D eigenvalue weighted by Gasteiger charge is -2.32. The summed E-state index contributed by atoms with van der Waals surface area (Å²) in [5.74, 6) is 1.26. The number of hydrogen-bond donors (Lipinski definition) is 1. The van der Waals surface area contributed by atoms with Crippen LogP contribution in [0.3, 0.4) is 0 Å². The highest BCUT2D eigenvalue weighted by atomic mass is 32.2. The third-order valence-electron chi connectivity index (χ3n) is 4.71. The third-order valence-corrected chi connectivity index (χ3v) is 5.22. The summed E-state index contributed by atoms with van der Waals surface area (Å²) in [4.78, 5) is 12.1. The minimum atomic E-state index is -0.455. The molecule has 0 atom stereocenters. The number of amides is 1. The number of hydrogen-bond acceptors (Lipinski definition) is 8. The van der Waals surface area contributed by atoms with Crippen LogP contribution in [-0.4, -0.2) is 60.4 Å². The minimum Gasteiger partial charge on any atom is -0.493 e. The fourth-order valence-corrected chi connectivity index (χ4v) is 3.10. The van der Waals surface area contributed by atoms with E-state index in [0.717, 1.165) is 11.3 Å². The summed E-state index contributed by atoms with van der Waals surface area (Å²) in [5, 5.41) is 11.5. The molecule has 0 spiro atoms. The van der Waals surface area contributed by atoms with Crippen molar-refractivity contribution >= 4 is 17.7 Å². The van der Waals surface area contributed by atoms with Crippen LogP contribution in [0.25, 0.3) is 11.5 Å². The Bertz CT molecular complexity index is 836. The molecule has 1 amide bonds. The van der Waals surface area contributed by atoms with Crippen LogP contribution >= 0.6 is 11.8 Å². The molecule has 0 unspecified atom stereocenters. The number of benzene rings is 1. The maximum atomic E-state index is 12.1. The van der Waals surface area contributed by atoms with Gasteiger partial charge >= 0.3 is 0 Å². The summed E-state index contributed by atoms with van der Waals surface area (Å²) < 4.78 is 22.5. The summed E-state index contributed by atoms with van der Waals surface area (Å²) in [6.45, 7) is 9.46. The fourth-order valence-electron chi connectivity index (χ4n) is 2.82. The molecule has 0 saturated carbocycles. The highest BCUT2D eigenvalue weighted by Gasteiger charge is 2.26. The van der Waals surface area contributed by atoms with E-state index in [1.807, 2.05) is 58.2 Å². The number of thioether (sulfide) groups is 1. The molecule has 0 saturated heterocycles. The van der Waals surface area contributed by atoms with Gasteiger partial charge in [-0.05, 0) is 64.6 Å². The predicted octanol–water partition coefficient (Wildman–Crippen LogP) is 4.34. The first-order valence-electron chi connectivity index (χ1n) is 10.7. The van der Waals surface area contributed by atoms with Gasteiger partial charge in [-0.15, -0.1) is 10.2 Å². The van der Waals surface area contributed by atoms with Gasteiger partial charge in [0, 0.05) is 32.1 Å². The van der Waals surface area contributed by atoms with Crippen LogP contribution < -0.4 is 10.1 Å². The molecule has 1 heterocycles. The molecule has 1 aromatic heterocycles. The van der Waals surface area contributed by atoms with Gasteiger partial charge in [0.05, 0.1) is 24.4 Å². The lowest BCUT2D eigenvalue weighted by molar-refractivity contribution is -0.125. The average Bonchev–Trinajstić information content (AvgIpc) is 3.22. The Kier molecular flexibility index (Phi) is 9.99. The van der Waals surface area contributed by atoms with Gasteiger partial charge < -0.3 is 23.9 Å². The second-order valence-corrected chi connectivity index (χ2v) is 9.53. The Labute approximate surface area is 194 Å². The van der Waals surface area contributed by atoms with Crippen molar-refractivity contribution in [3.63, 3.8) is 0 Å². The molecule has 0 bridgehead atoms. The van der Waals surface area contributed by atoms with Gasteiger partial charge in [0.2, 0.25) is 11.8 Å². The minimum absolute atomic E-state index is 0.00504. The monoisotopic (exact) mass is 465 g/mol. The molecule has 9 heteroatoms. The van der Waals surface area contributed by atoms with E-state index in [0.29, 0.717) is 50.2 Å². The smallest absolute Gasteiger partial charge is 0.276 e. The normalized spacial score (nSPS) is 12.1. The number of rotatable bonds is 14. The van der Waals surface area contributed by atoms with Crippen LogP contribution in [0, 0.1) is 0 Å². The standard InChI is InChI=1S/C23H35N3O5S/c1-22(2,24-19(27)8-7-14-28-5)16-30-23(3,4)13-15-29-18-11-9-17(10-12-18)20-25-26-21(31-20)32-6/h9-12H,7-8,13-16H2,1-6H3,(H,24,27). The topological polar surface area (TPSA) is 95.7 Å². The number of methoxy groups -OCH3 is 1. The Morgan fingerprint density at radius 3 is 2.47 bits per heavy atom.